The van der Waals surface area contributed by atoms with E-state index >= 15 is 0 Å². The molecule has 5 aromatic carbocycles. The van der Waals surface area contributed by atoms with Crippen LogP contribution in [0.15, 0.2) is 134 Å². The summed E-state index contributed by atoms with van der Waals surface area (Å²) in [5.74, 6) is 0.863. The van der Waals surface area contributed by atoms with Gasteiger partial charge in [-0.15, -0.1) is 51.7 Å². The van der Waals surface area contributed by atoms with Crippen molar-refractivity contribution in [2.45, 2.75) is 5.92 Å². The Labute approximate surface area is 263 Å². The molecule has 0 amide bonds. The number of hydrogen-bond acceptors (Lipinski definition) is 2. The number of nitrogens with zero attached hydrogens (tertiary/aromatic N) is 3. The first-order valence-electron chi connectivity index (χ1n) is 14.2. The Balaban J connectivity index is 0.00000278. The monoisotopic (exact) mass is 728 g/mol. The molecule has 1 aliphatic carbocycles. The Kier molecular flexibility index (Phi) is 6.10. The van der Waals surface area contributed by atoms with Crippen LogP contribution < -0.4 is 0 Å². The molecule has 0 radical (unpaired) electrons. The van der Waals surface area contributed by atoms with Gasteiger partial charge in [0.1, 0.15) is 5.82 Å². The first kappa shape index (κ1) is 25.8. The zero-order chi connectivity index (χ0) is 27.6. The molecule has 9 rings (SSSR count). The SMILES string of the molecule is [Pt+2].[c-]1c(-c2ccccn2)ccc2c1C(c1[c-]c3c(c4ccccc14)c1ccccc1n3-c1ccccn1)c1ccccc1-2. The number of pyridine rings is 2. The maximum Gasteiger partial charge on any atom is 2.00 e. The summed E-state index contributed by atoms with van der Waals surface area (Å²) in [6.45, 7) is 0. The minimum atomic E-state index is -0.0237. The predicted octanol–water partition coefficient (Wildman–Crippen LogP) is 9.15. The smallest absolute Gasteiger partial charge is 0.319 e. The third kappa shape index (κ3) is 3.85. The Morgan fingerprint density at radius 1 is 0.558 bits per heavy atom. The van der Waals surface area contributed by atoms with E-state index in [-0.39, 0.29) is 27.0 Å². The summed E-state index contributed by atoms with van der Waals surface area (Å²) in [6, 6.07) is 50.4. The molecule has 43 heavy (non-hydrogen) atoms. The minimum absolute atomic E-state index is 0. The molecule has 0 spiro atoms. The first-order valence-corrected chi connectivity index (χ1v) is 14.2. The van der Waals surface area contributed by atoms with E-state index in [1.807, 2.05) is 42.7 Å². The second-order valence-electron chi connectivity index (χ2n) is 10.8. The molecule has 0 aliphatic heterocycles. The molecule has 3 nitrogen and oxygen atoms in total. The topological polar surface area (TPSA) is 30.7 Å². The van der Waals surface area contributed by atoms with Crippen molar-refractivity contribution in [3.8, 4) is 28.2 Å². The van der Waals surface area contributed by atoms with Crippen LogP contribution in [0.3, 0.4) is 0 Å². The predicted molar refractivity (Wildman–Crippen MR) is 170 cm³/mol. The van der Waals surface area contributed by atoms with Gasteiger partial charge in [0.15, 0.2) is 0 Å². The zero-order valence-corrected chi connectivity index (χ0v) is 25.2. The molecule has 1 aliphatic rings. The summed E-state index contributed by atoms with van der Waals surface area (Å²) in [5.41, 5.74) is 10.2. The normalized spacial score (nSPS) is 13.6. The van der Waals surface area contributed by atoms with Crippen molar-refractivity contribution in [1.29, 1.82) is 0 Å². The molecule has 4 heteroatoms. The van der Waals surface area contributed by atoms with E-state index in [1.54, 1.807) is 0 Å². The zero-order valence-electron chi connectivity index (χ0n) is 22.9. The molecule has 0 saturated carbocycles. The van der Waals surface area contributed by atoms with Crippen molar-refractivity contribution in [3.63, 3.8) is 0 Å². The molecule has 0 bridgehead atoms. The first-order chi connectivity index (χ1) is 20.9. The van der Waals surface area contributed by atoms with Crippen LogP contribution in [-0.4, -0.2) is 14.5 Å². The molecule has 1 unspecified atom stereocenters. The number of para-hydroxylation sites is 1. The van der Waals surface area contributed by atoms with Crippen molar-refractivity contribution >= 4 is 32.6 Å². The van der Waals surface area contributed by atoms with Crippen molar-refractivity contribution in [1.82, 2.24) is 14.5 Å². The fourth-order valence-corrected chi connectivity index (χ4v) is 6.81. The quantitative estimate of drug-likeness (QED) is 0.170. The van der Waals surface area contributed by atoms with Crippen molar-refractivity contribution in [2.75, 3.05) is 0 Å². The fraction of sp³-hybridized carbons (Fsp3) is 0.0256. The minimum Gasteiger partial charge on any atom is -0.319 e. The molecule has 204 valence electrons. The third-order valence-corrected chi connectivity index (χ3v) is 8.55. The van der Waals surface area contributed by atoms with Gasteiger partial charge in [-0.1, -0.05) is 101 Å². The maximum atomic E-state index is 4.78. The molecule has 0 fully saturated rings. The van der Waals surface area contributed by atoms with Crippen LogP contribution in [0.5, 0.6) is 0 Å². The molecule has 1 atom stereocenters. The number of rotatable bonds is 3. The van der Waals surface area contributed by atoms with Gasteiger partial charge in [0.2, 0.25) is 0 Å². The van der Waals surface area contributed by atoms with Crippen LogP contribution in [-0.2, 0) is 21.1 Å². The Bertz CT molecular complexity index is 2310. The average Bonchev–Trinajstić information content (AvgIpc) is 3.57. The summed E-state index contributed by atoms with van der Waals surface area (Å²) < 4.78 is 2.26. The van der Waals surface area contributed by atoms with Gasteiger partial charge in [-0.05, 0) is 46.8 Å². The second-order valence-corrected chi connectivity index (χ2v) is 10.8. The number of aromatic nitrogens is 3. The molecule has 3 aromatic heterocycles. The summed E-state index contributed by atoms with van der Waals surface area (Å²) in [7, 11) is 0. The van der Waals surface area contributed by atoms with E-state index in [4.69, 9.17) is 4.98 Å². The summed E-state index contributed by atoms with van der Waals surface area (Å²) in [4.78, 5) is 9.41. The number of fused-ring (bicyclic) bond motifs is 8. The van der Waals surface area contributed by atoms with E-state index in [0.29, 0.717) is 0 Å². The van der Waals surface area contributed by atoms with E-state index < -0.39 is 0 Å². The van der Waals surface area contributed by atoms with Gasteiger partial charge in [-0.3, -0.25) is 0 Å². The summed E-state index contributed by atoms with van der Waals surface area (Å²) in [6.07, 6.45) is 3.70. The van der Waals surface area contributed by atoms with Gasteiger partial charge < -0.3 is 9.55 Å². The van der Waals surface area contributed by atoms with Crippen LogP contribution in [0.25, 0.3) is 60.8 Å². The standard InChI is InChI=1S/C39H23N3.Pt/c1-3-13-29-26(11-1)28-20-19-25(34-16-7-9-21-40-34)23-32(28)38(29)33-24-36-39(30-14-4-2-12-27(30)33)31-15-5-6-17-35(31)42(36)37-18-8-10-22-41-37;/h1-22,38H;/q-2;+2. The van der Waals surface area contributed by atoms with Gasteiger partial charge in [0.05, 0.1) is 0 Å². The summed E-state index contributed by atoms with van der Waals surface area (Å²) >= 11 is 0. The van der Waals surface area contributed by atoms with E-state index in [2.05, 4.69) is 113 Å². The van der Waals surface area contributed by atoms with Gasteiger partial charge in [-0.25, -0.2) is 4.98 Å². The summed E-state index contributed by atoms with van der Waals surface area (Å²) in [5, 5.41) is 4.83. The van der Waals surface area contributed by atoms with E-state index in [0.717, 1.165) is 33.7 Å². The van der Waals surface area contributed by atoms with E-state index in [9.17, 15) is 0 Å². The van der Waals surface area contributed by atoms with Crippen LogP contribution in [0.2, 0.25) is 0 Å². The van der Waals surface area contributed by atoms with Crippen molar-refractivity contribution in [3.05, 3.63) is 163 Å². The fourth-order valence-electron chi connectivity index (χ4n) is 6.81. The second kappa shape index (κ2) is 10.2. The maximum absolute atomic E-state index is 4.78. The number of hydrogen-bond donors (Lipinski definition) is 0. The van der Waals surface area contributed by atoms with Gasteiger partial charge >= 0.3 is 21.1 Å². The van der Waals surface area contributed by atoms with Crippen LogP contribution >= 0.6 is 0 Å². The molecule has 8 aromatic rings. The average molecular weight is 729 g/mol. The largest absolute Gasteiger partial charge is 2.00 e. The van der Waals surface area contributed by atoms with Crippen LogP contribution in [0.4, 0.5) is 0 Å². The van der Waals surface area contributed by atoms with Crippen LogP contribution in [0, 0.1) is 12.1 Å². The number of benzene rings is 5. The Hall–Kier alpha value is -4.85. The molecular formula is C39H23N3Pt. The van der Waals surface area contributed by atoms with E-state index in [1.165, 1.54) is 43.8 Å². The van der Waals surface area contributed by atoms with Gasteiger partial charge in [0, 0.05) is 17.9 Å². The Morgan fingerprint density at radius 2 is 1.28 bits per heavy atom. The van der Waals surface area contributed by atoms with Gasteiger partial charge in [0.25, 0.3) is 0 Å². The molecule has 0 N–H and O–H groups in total. The van der Waals surface area contributed by atoms with Crippen molar-refractivity contribution in [2.24, 2.45) is 0 Å². The molecule has 3 heterocycles. The van der Waals surface area contributed by atoms with Crippen molar-refractivity contribution < 1.29 is 21.1 Å². The Morgan fingerprint density at radius 3 is 2.09 bits per heavy atom. The third-order valence-electron chi connectivity index (χ3n) is 8.55. The van der Waals surface area contributed by atoms with Crippen LogP contribution in [0.1, 0.15) is 22.6 Å². The van der Waals surface area contributed by atoms with Gasteiger partial charge in [-0.2, -0.15) is 6.07 Å². The molecule has 0 saturated heterocycles. The molecular weight excluding hydrogens is 706 g/mol.